The second-order valence-corrected chi connectivity index (χ2v) is 7.61. The fourth-order valence-electron chi connectivity index (χ4n) is 3.60. The van der Waals surface area contributed by atoms with Gasteiger partial charge in [-0.3, -0.25) is 0 Å². The van der Waals surface area contributed by atoms with Gasteiger partial charge in [-0.05, 0) is 44.3 Å². The molecule has 2 saturated heterocycles. The summed E-state index contributed by atoms with van der Waals surface area (Å²) in [6, 6.07) is 9.58. The number of nitrogens with one attached hydrogen (secondary N) is 1. The van der Waals surface area contributed by atoms with E-state index in [0.29, 0.717) is 25.9 Å². The van der Waals surface area contributed by atoms with Gasteiger partial charge >= 0.3 is 6.09 Å². The highest BCUT2D eigenvalue weighted by molar-refractivity contribution is 5.67. The Kier molecular flexibility index (Phi) is 17.7. The number of hydrogen-bond acceptors (Lipinski definition) is 8. The number of nitrogens with zero attached hydrogens (tertiary/aromatic N) is 1. The highest BCUT2D eigenvalue weighted by atomic mass is 16.6. The first kappa shape index (κ1) is 31.2. The molecule has 0 radical (unpaired) electrons. The molecule has 0 aliphatic carbocycles. The Morgan fingerprint density at radius 2 is 1.48 bits per heavy atom. The van der Waals surface area contributed by atoms with Crippen molar-refractivity contribution in [1.82, 2.24) is 10.2 Å². The lowest BCUT2D eigenvalue weighted by Crippen LogP contribution is -2.32. The van der Waals surface area contributed by atoms with Crippen molar-refractivity contribution in [3.63, 3.8) is 0 Å². The third kappa shape index (κ3) is 11.8. The largest absolute Gasteiger partial charge is 0.445 e. The molecule has 192 valence electrons. The van der Waals surface area contributed by atoms with Crippen molar-refractivity contribution in [2.75, 3.05) is 47.5 Å². The molecule has 1 aromatic carbocycles. The predicted molar refractivity (Wildman–Crippen MR) is 128 cm³/mol. The third-order valence-electron chi connectivity index (χ3n) is 5.53. The Morgan fingerprint density at radius 1 is 0.939 bits per heavy atom. The molecule has 4 N–H and O–H groups in total. The van der Waals surface area contributed by atoms with Crippen molar-refractivity contribution in [2.24, 2.45) is 0 Å². The predicted octanol–water partition coefficient (Wildman–Crippen LogP) is 1.79. The van der Waals surface area contributed by atoms with E-state index in [-0.39, 0.29) is 38.4 Å². The molecule has 1 aromatic rings. The number of hydrogen-bond donors (Lipinski definition) is 4. The molecule has 2 aliphatic rings. The van der Waals surface area contributed by atoms with E-state index in [1.807, 2.05) is 30.3 Å². The van der Waals surface area contributed by atoms with Crippen LogP contribution < -0.4 is 5.32 Å². The molecule has 0 bridgehead atoms. The van der Waals surface area contributed by atoms with E-state index in [9.17, 15) is 15.0 Å². The second kappa shape index (κ2) is 18.7. The number of rotatable bonds is 4. The molecule has 0 spiro atoms. The summed E-state index contributed by atoms with van der Waals surface area (Å²) < 4.78 is 15.6. The lowest BCUT2D eigenvalue weighted by molar-refractivity contribution is -0.0122. The zero-order valence-corrected chi connectivity index (χ0v) is 19.5. The van der Waals surface area contributed by atoms with Crippen LogP contribution in [0.3, 0.4) is 0 Å². The van der Waals surface area contributed by atoms with Crippen LogP contribution in [0.15, 0.2) is 30.3 Å². The van der Waals surface area contributed by atoms with E-state index < -0.39 is 6.10 Å². The van der Waals surface area contributed by atoms with Gasteiger partial charge in [0.25, 0.3) is 0 Å². The van der Waals surface area contributed by atoms with Gasteiger partial charge in [-0.25, -0.2) is 4.79 Å². The van der Waals surface area contributed by atoms with Crippen LogP contribution >= 0.6 is 0 Å². The standard InChI is InChI=1S/C15H21NO4.C7H15NO2.CH4O.CH4/c1-19-14-8-10-16(9-7-13(14)17)15(18)20-11-12-5-3-2-4-6-12;1-10-7-3-5-8-4-2-6(7)9;1-2;/h2-6,13-14,17H,7-11H2,1H3;6-9H,2-5H2,1H3;2H,1H3;1H4/t13-,14-;6-,7-;;/m00../s1. The minimum Gasteiger partial charge on any atom is -0.445 e. The van der Waals surface area contributed by atoms with E-state index in [1.54, 1.807) is 19.1 Å². The Morgan fingerprint density at radius 3 is 2.12 bits per heavy atom. The third-order valence-corrected chi connectivity index (χ3v) is 5.53. The van der Waals surface area contributed by atoms with Gasteiger partial charge in [0.2, 0.25) is 0 Å². The summed E-state index contributed by atoms with van der Waals surface area (Å²) in [4.78, 5) is 13.6. The Balaban J connectivity index is 0.000000666. The van der Waals surface area contributed by atoms with Crippen molar-refractivity contribution < 1.29 is 34.3 Å². The van der Waals surface area contributed by atoms with Gasteiger partial charge < -0.3 is 39.7 Å². The first-order chi connectivity index (χ1) is 15.5. The topological polar surface area (TPSA) is 121 Å². The lowest BCUT2D eigenvalue weighted by atomic mass is 10.1. The molecule has 33 heavy (non-hydrogen) atoms. The zero-order chi connectivity index (χ0) is 23.8. The minimum atomic E-state index is -0.521. The normalized spacial score (nSPS) is 25.0. The lowest BCUT2D eigenvalue weighted by Gasteiger charge is -2.19. The van der Waals surface area contributed by atoms with Gasteiger partial charge in [-0.1, -0.05) is 37.8 Å². The van der Waals surface area contributed by atoms with Crippen molar-refractivity contribution in [1.29, 1.82) is 0 Å². The number of carbonyl (C=O) groups is 1. The van der Waals surface area contributed by atoms with E-state index >= 15 is 0 Å². The number of carbonyl (C=O) groups excluding carboxylic acids is 1. The molecule has 2 aliphatic heterocycles. The van der Waals surface area contributed by atoms with Crippen LogP contribution in [0, 0.1) is 0 Å². The summed E-state index contributed by atoms with van der Waals surface area (Å²) >= 11 is 0. The van der Waals surface area contributed by atoms with Crippen molar-refractivity contribution in [3.8, 4) is 0 Å². The highest BCUT2D eigenvalue weighted by Gasteiger charge is 2.27. The molecule has 3 rings (SSSR count). The first-order valence-electron chi connectivity index (χ1n) is 11.1. The summed E-state index contributed by atoms with van der Waals surface area (Å²) in [6.45, 7) is 3.17. The average molecular weight is 473 g/mol. The summed E-state index contributed by atoms with van der Waals surface area (Å²) in [6.07, 6.45) is 1.55. The van der Waals surface area contributed by atoms with Gasteiger partial charge in [-0.15, -0.1) is 0 Å². The number of likely N-dealkylation sites (tertiary alicyclic amines) is 1. The molecule has 9 nitrogen and oxygen atoms in total. The number of benzene rings is 1. The average Bonchev–Trinajstić information content (AvgIpc) is 3.16. The second-order valence-electron chi connectivity index (χ2n) is 7.61. The zero-order valence-electron chi connectivity index (χ0n) is 19.5. The van der Waals surface area contributed by atoms with Gasteiger partial charge in [0.15, 0.2) is 0 Å². The number of ether oxygens (including phenoxy) is 3. The summed E-state index contributed by atoms with van der Waals surface area (Å²) in [5.41, 5.74) is 0.963. The van der Waals surface area contributed by atoms with Gasteiger partial charge in [0.1, 0.15) is 6.61 Å². The maximum absolute atomic E-state index is 12.0. The molecule has 0 aromatic heterocycles. The molecule has 0 saturated carbocycles. The summed E-state index contributed by atoms with van der Waals surface area (Å²) in [7, 11) is 4.23. The minimum absolute atomic E-state index is 0. The van der Waals surface area contributed by atoms with Crippen molar-refractivity contribution in [2.45, 2.75) is 64.1 Å². The Bertz CT molecular complexity index is 606. The van der Waals surface area contributed by atoms with E-state index in [4.69, 9.17) is 19.3 Å². The quantitative estimate of drug-likeness (QED) is 0.523. The smallest absolute Gasteiger partial charge is 0.410 e. The summed E-state index contributed by atoms with van der Waals surface area (Å²) in [5.74, 6) is 0. The first-order valence-corrected chi connectivity index (χ1v) is 11.1. The van der Waals surface area contributed by atoms with E-state index in [1.165, 1.54) is 0 Å². The monoisotopic (exact) mass is 472 g/mol. The Hall–Kier alpha value is -1.75. The highest BCUT2D eigenvalue weighted by Crippen LogP contribution is 2.15. The van der Waals surface area contributed by atoms with Crippen LogP contribution in [0.4, 0.5) is 4.79 Å². The molecular weight excluding hydrogens is 428 g/mol. The van der Waals surface area contributed by atoms with Crippen molar-refractivity contribution in [3.05, 3.63) is 35.9 Å². The molecule has 4 atom stereocenters. The summed E-state index contributed by atoms with van der Waals surface area (Å²) in [5, 5.41) is 29.4. The Labute approximate surface area is 198 Å². The van der Waals surface area contributed by atoms with Crippen LogP contribution in [-0.4, -0.2) is 98.2 Å². The SMILES string of the molecule is C.CO.CO[C@H]1CCN(C(=O)OCc2ccccc2)CC[C@@H]1O.CO[C@H]1CCNCC[C@@H]1O. The van der Waals surface area contributed by atoms with E-state index in [2.05, 4.69) is 5.32 Å². The van der Waals surface area contributed by atoms with Crippen molar-refractivity contribution >= 4 is 6.09 Å². The van der Waals surface area contributed by atoms with E-state index in [0.717, 1.165) is 38.6 Å². The van der Waals surface area contributed by atoms with Gasteiger partial charge in [0.05, 0.1) is 24.4 Å². The molecule has 9 heteroatoms. The number of aliphatic hydroxyl groups excluding tert-OH is 3. The maximum Gasteiger partial charge on any atom is 0.410 e. The van der Waals surface area contributed by atoms with Crippen LogP contribution in [-0.2, 0) is 20.8 Å². The number of methoxy groups -OCH3 is 2. The molecule has 0 unspecified atom stereocenters. The fourth-order valence-corrected chi connectivity index (χ4v) is 3.60. The van der Waals surface area contributed by atoms with Gasteiger partial charge in [-0.2, -0.15) is 0 Å². The van der Waals surface area contributed by atoms with Crippen LogP contribution in [0.1, 0.15) is 38.7 Å². The maximum atomic E-state index is 12.0. The molecule has 2 fully saturated rings. The number of amides is 1. The molecule has 2 heterocycles. The van der Waals surface area contributed by atoms with Crippen LogP contribution in [0.25, 0.3) is 0 Å². The van der Waals surface area contributed by atoms with Crippen LogP contribution in [0.5, 0.6) is 0 Å². The number of aliphatic hydroxyl groups is 3. The molecule has 1 amide bonds. The van der Waals surface area contributed by atoms with Gasteiger partial charge in [0, 0.05) is 34.4 Å². The molecular formula is C24H44N2O7. The van der Waals surface area contributed by atoms with Crippen LogP contribution in [0.2, 0.25) is 0 Å². The fraction of sp³-hybridized carbons (Fsp3) is 0.708.